The molecule has 4 saturated carbocycles. The molecule has 0 amide bonds. The van der Waals surface area contributed by atoms with Crippen LogP contribution in [0.3, 0.4) is 0 Å². The SMILES string of the molecule is c1ccc(N2c3ccccc3B3c4cc5c(cc4N(c4ccc6c(c4)C4(c7ccccc7-6)C6CCC4CC6)c4cccc2c43)-c2ccccc2C52C3CCC2CC3)cc1. The van der Waals surface area contributed by atoms with Gasteiger partial charge in [-0.25, -0.2) is 0 Å². The van der Waals surface area contributed by atoms with E-state index >= 15 is 0 Å². The molecule has 282 valence electrons. The number of anilines is 6. The van der Waals surface area contributed by atoms with Crippen molar-refractivity contribution in [2.45, 2.75) is 62.2 Å². The molecule has 0 aromatic heterocycles. The molecular formula is C56H45BN2. The van der Waals surface area contributed by atoms with E-state index in [1.165, 1.54) is 124 Å². The summed E-state index contributed by atoms with van der Waals surface area (Å²) < 4.78 is 0. The molecule has 8 aliphatic rings. The van der Waals surface area contributed by atoms with Crippen molar-refractivity contribution in [2.24, 2.45) is 23.7 Å². The number of rotatable bonds is 2. The van der Waals surface area contributed by atoms with Gasteiger partial charge in [0.25, 0.3) is 6.71 Å². The van der Waals surface area contributed by atoms with Crippen molar-refractivity contribution in [3.8, 4) is 22.3 Å². The van der Waals surface area contributed by atoms with E-state index in [2.05, 4.69) is 161 Å². The molecular weight excluding hydrogens is 711 g/mol. The van der Waals surface area contributed by atoms with Gasteiger partial charge in [0.05, 0.1) is 0 Å². The Labute approximate surface area is 347 Å². The van der Waals surface area contributed by atoms with E-state index in [1.54, 1.807) is 22.3 Å². The molecule has 2 heterocycles. The Kier molecular flexibility index (Phi) is 6.02. The fourth-order valence-corrected chi connectivity index (χ4v) is 15.8. The van der Waals surface area contributed by atoms with Crippen molar-refractivity contribution < 1.29 is 0 Å². The third-order valence-electron chi connectivity index (χ3n) is 17.6. The fourth-order valence-electron chi connectivity index (χ4n) is 15.8. The number of hydrogen-bond donors (Lipinski definition) is 0. The molecule has 4 fully saturated rings. The standard InChI is InChI=1S/C56H45BN2/c1-2-11-38(12-3-1)58-50-18-9-8-17-48(50)57-49-33-47-43(41-14-5-7-16-45(41)56(47)36-25-26-37(56)28-27-36)32-53(49)59(52-20-10-19-51(58)54(52)57)39-29-30-42-40-13-4-6-15-44(40)55(46(42)31-39)34-21-22-35(55)24-23-34/h1-20,29-37H,21-28H2. The Morgan fingerprint density at radius 3 is 1.53 bits per heavy atom. The van der Waals surface area contributed by atoms with Crippen LogP contribution in [-0.2, 0) is 10.8 Å². The molecule has 0 atom stereocenters. The van der Waals surface area contributed by atoms with Crippen LogP contribution in [-0.4, -0.2) is 6.71 Å². The monoisotopic (exact) mass is 756 g/mol. The van der Waals surface area contributed by atoms with Gasteiger partial charge in [-0.3, -0.25) is 0 Å². The van der Waals surface area contributed by atoms with Crippen LogP contribution in [0.2, 0.25) is 0 Å². The molecule has 2 nitrogen and oxygen atoms in total. The third kappa shape index (κ3) is 3.64. The second kappa shape index (κ2) is 11.1. The first-order valence-corrected chi connectivity index (χ1v) is 22.7. The van der Waals surface area contributed by atoms with Crippen LogP contribution < -0.4 is 26.2 Å². The van der Waals surface area contributed by atoms with Crippen molar-refractivity contribution >= 4 is 57.2 Å². The van der Waals surface area contributed by atoms with Gasteiger partial charge in [0, 0.05) is 45.0 Å². The summed E-state index contributed by atoms with van der Waals surface area (Å²) in [7, 11) is 0. The summed E-state index contributed by atoms with van der Waals surface area (Å²) in [5.74, 6) is 2.89. The lowest BCUT2D eigenvalue weighted by Gasteiger charge is -2.45. The minimum Gasteiger partial charge on any atom is -0.311 e. The molecule has 3 heteroatoms. The molecule has 7 aromatic carbocycles. The molecule has 2 spiro atoms. The molecule has 59 heavy (non-hydrogen) atoms. The predicted octanol–water partition coefficient (Wildman–Crippen LogP) is 11.9. The van der Waals surface area contributed by atoms with Gasteiger partial charge in [0.15, 0.2) is 0 Å². The highest BCUT2D eigenvalue weighted by Gasteiger charge is 2.62. The van der Waals surface area contributed by atoms with Crippen molar-refractivity contribution in [2.75, 3.05) is 9.80 Å². The van der Waals surface area contributed by atoms with Gasteiger partial charge in [-0.15, -0.1) is 0 Å². The molecule has 4 bridgehead atoms. The lowest BCUT2D eigenvalue weighted by molar-refractivity contribution is 0.400. The topological polar surface area (TPSA) is 6.48 Å². The predicted molar refractivity (Wildman–Crippen MR) is 244 cm³/mol. The van der Waals surface area contributed by atoms with E-state index in [-0.39, 0.29) is 17.5 Å². The molecule has 0 N–H and O–H groups in total. The van der Waals surface area contributed by atoms with Gasteiger partial charge in [-0.1, -0.05) is 103 Å². The highest BCUT2D eigenvalue weighted by molar-refractivity contribution is 7.00. The van der Waals surface area contributed by atoms with Gasteiger partial charge in [0.2, 0.25) is 0 Å². The zero-order valence-corrected chi connectivity index (χ0v) is 33.4. The molecule has 0 radical (unpaired) electrons. The average molecular weight is 757 g/mol. The van der Waals surface area contributed by atoms with Crippen LogP contribution in [0.5, 0.6) is 0 Å². The largest absolute Gasteiger partial charge is 0.311 e. The van der Waals surface area contributed by atoms with Crippen molar-refractivity contribution in [1.82, 2.24) is 0 Å². The summed E-state index contributed by atoms with van der Waals surface area (Å²) in [5, 5.41) is 0. The van der Waals surface area contributed by atoms with Crippen molar-refractivity contribution in [3.63, 3.8) is 0 Å². The number of hydrogen-bond acceptors (Lipinski definition) is 2. The van der Waals surface area contributed by atoms with E-state index in [0.717, 1.165) is 23.7 Å². The highest BCUT2D eigenvalue weighted by Crippen LogP contribution is 2.70. The minimum atomic E-state index is 0.128. The van der Waals surface area contributed by atoms with Crippen LogP contribution in [0.15, 0.2) is 152 Å². The number of fused-ring (bicyclic) bond motifs is 10. The van der Waals surface area contributed by atoms with Gasteiger partial charge < -0.3 is 9.80 Å². The van der Waals surface area contributed by atoms with Gasteiger partial charge in [0.1, 0.15) is 0 Å². The van der Waals surface area contributed by atoms with E-state index in [1.807, 2.05) is 0 Å². The van der Waals surface area contributed by atoms with Crippen LogP contribution in [0.4, 0.5) is 34.1 Å². The summed E-state index contributed by atoms with van der Waals surface area (Å²) in [6.07, 6.45) is 10.8. The normalized spacial score (nSPS) is 27.5. The Bertz CT molecular complexity index is 2940. The number of nitrogens with zero attached hydrogens (tertiary/aromatic N) is 2. The highest BCUT2D eigenvalue weighted by atomic mass is 15.2. The smallest absolute Gasteiger partial charge is 0.252 e. The average Bonchev–Trinajstić information content (AvgIpc) is 4.15. The van der Waals surface area contributed by atoms with Crippen molar-refractivity contribution in [3.05, 3.63) is 174 Å². The number of benzene rings is 7. The first kappa shape index (κ1) is 32.1. The van der Waals surface area contributed by atoms with Crippen LogP contribution in [0, 0.1) is 23.7 Å². The second-order valence-electron chi connectivity index (χ2n) is 19.3. The molecule has 0 saturated heterocycles. The summed E-state index contributed by atoms with van der Waals surface area (Å²) in [6.45, 7) is 0.129. The first-order chi connectivity index (χ1) is 29.3. The third-order valence-corrected chi connectivity index (χ3v) is 17.6. The Morgan fingerprint density at radius 2 is 0.864 bits per heavy atom. The summed E-state index contributed by atoms with van der Waals surface area (Å²) >= 11 is 0. The van der Waals surface area contributed by atoms with E-state index in [9.17, 15) is 0 Å². The second-order valence-corrected chi connectivity index (χ2v) is 19.3. The quantitative estimate of drug-likeness (QED) is 0.162. The van der Waals surface area contributed by atoms with Gasteiger partial charge >= 0.3 is 0 Å². The van der Waals surface area contributed by atoms with E-state index in [0.29, 0.717) is 0 Å². The maximum absolute atomic E-state index is 2.77. The number of para-hydroxylation sites is 2. The Hall–Kier alpha value is -5.80. The molecule has 7 aromatic rings. The summed E-state index contributed by atoms with van der Waals surface area (Å²) in [4.78, 5) is 5.26. The van der Waals surface area contributed by atoms with Crippen molar-refractivity contribution in [1.29, 1.82) is 0 Å². The lowest BCUT2D eigenvalue weighted by atomic mass is 9.33. The van der Waals surface area contributed by atoms with Gasteiger partial charge in [-0.05, 0) is 184 Å². The Balaban J connectivity index is 1.04. The van der Waals surface area contributed by atoms with E-state index in [4.69, 9.17) is 0 Å². The van der Waals surface area contributed by atoms with Gasteiger partial charge in [-0.2, -0.15) is 0 Å². The lowest BCUT2D eigenvalue weighted by Crippen LogP contribution is -2.61. The van der Waals surface area contributed by atoms with Crippen LogP contribution >= 0.6 is 0 Å². The zero-order valence-electron chi connectivity index (χ0n) is 33.4. The Morgan fingerprint density at radius 1 is 0.356 bits per heavy atom. The summed E-state index contributed by atoms with van der Waals surface area (Å²) in [6, 6.07) is 59.7. The summed E-state index contributed by atoms with van der Waals surface area (Å²) in [5.41, 5.74) is 24.7. The van der Waals surface area contributed by atoms with Crippen LogP contribution in [0.25, 0.3) is 22.3 Å². The first-order valence-electron chi connectivity index (χ1n) is 22.7. The van der Waals surface area contributed by atoms with Crippen LogP contribution in [0.1, 0.15) is 73.6 Å². The minimum absolute atomic E-state index is 0.128. The molecule has 0 unspecified atom stereocenters. The zero-order chi connectivity index (χ0) is 38.2. The maximum Gasteiger partial charge on any atom is 0.252 e. The molecule has 6 aliphatic carbocycles. The maximum atomic E-state index is 2.77. The molecule has 15 rings (SSSR count). The molecule has 2 aliphatic heterocycles. The van der Waals surface area contributed by atoms with E-state index < -0.39 is 0 Å². The fraction of sp³-hybridized carbons (Fsp3) is 0.250.